The Morgan fingerprint density at radius 3 is 1.52 bits per heavy atom. The molecular formula is C32H33N. The summed E-state index contributed by atoms with van der Waals surface area (Å²) in [4.78, 5) is 0. The highest BCUT2D eigenvalue weighted by atomic mass is 15.0. The molecule has 0 saturated heterocycles. The molecule has 1 aromatic heterocycles. The maximum absolute atomic E-state index is 2.48. The van der Waals surface area contributed by atoms with E-state index in [2.05, 4.69) is 137 Å². The lowest BCUT2D eigenvalue weighted by atomic mass is 9.86. The van der Waals surface area contributed by atoms with Crippen molar-refractivity contribution in [3.63, 3.8) is 0 Å². The van der Waals surface area contributed by atoms with E-state index in [9.17, 15) is 0 Å². The summed E-state index contributed by atoms with van der Waals surface area (Å²) < 4.78 is 2.48. The SMILES string of the molecule is CC(C)(C)c1ccc2c3ccc(C(C)(C)C)cc3n(-c3ccccc3-c3ccccc3)c2c1. The van der Waals surface area contributed by atoms with Gasteiger partial charge in [0.2, 0.25) is 0 Å². The first-order valence-electron chi connectivity index (χ1n) is 11.9. The summed E-state index contributed by atoms with van der Waals surface area (Å²) in [6, 6.07) is 33.5. The fourth-order valence-electron chi connectivity index (χ4n) is 4.74. The van der Waals surface area contributed by atoms with E-state index in [1.54, 1.807) is 0 Å². The molecule has 166 valence electrons. The van der Waals surface area contributed by atoms with Gasteiger partial charge in [-0.15, -0.1) is 0 Å². The van der Waals surface area contributed by atoms with Gasteiger partial charge in [0.1, 0.15) is 0 Å². The fourth-order valence-corrected chi connectivity index (χ4v) is 4.74. The van der Waals surface area contributed by atoms with E-state index in [-0.39, 0.29) is 10.8 Å². The molecule has 0 spiro atoms. The summed E-state index contributed by atoms with van der Waals surface area (Å²) in [5.74, 6) is 0. The Labute approximate surface area is 197 Å². The summed E-state index contributed by atoms with van der Waals surface area (Å²) in [5.41, 5.74) is 9.14. The zero-order chi connectivity index (χ0) is 23.4. The van der Waals surface area contributed by atoms with Gasteiger partial charge >= 0.3 is 0 Å². The Morgan fingerprint density at radius 1 is 0.515 bits per heavy atom. The smallest absolute Gasteiger partial charge is 0.0544 e. The molecule has 1 heteroatoms. The zero-order valence-corrected chi connectivity index (χ0v) is 20.6. The molecule has 0 amide bonds. The highest BCUT2D eigenvalue weighted by Gasteiger charge is 2.21. The Kier molecular flexibility index (Phi) is 4.97. The van der Waals surface area contributed by atoms with Crippen molar-refractivity contribution in [3.8, 4) is 16.8 Å². The van der Waals surface area contributed by atoms with Gasteiger partial charge in [-0.05, 0) is 45.7 Å². The minimum atomic E-state index is 0.0883. The minimum Gasteiger partial charge on any atom is -0.309 e. The first kappa shape index (κ1) is 21.5. The predicted molar refractivity (Wildman–Crippen MR) is 144 cm³/mol. The van der Waals surface area contributed by atoms with E-state index in [1.165, 1.54) is 49.7 Å². The van der Waals surface area contributed by atoms with Crippen LogP contribution in [0.15, 0.2) is 91.0 Å². The molecule has 0 N–H and O–H groups in total. The van der Waals surface area contributed by atoms with E-state index in [4.69, 9.17) is 0 Å². The lowest BCUT2D eigenvalue weighted by Gasteiger charge is -2.21. The minimum absolute atomic E-state index is 0.0883. The van der Waals surface area contributed by atoms with Crippen LogP contribution >= 0.6 is 0 Å². The summed E-state index contributed by atoms with van der Waals surface area (Å²) >= 11 is 0. The molecule has 5 rings (SSSR count). The third-order valence-electron chi connectivity index (χ3n) is 6.73. The average molecular weight is 432 g/mol. The molecule has 5 aromatic rings. The molecule has 0 atom stereocenters. The van der Waals surface area contributed by atoms with Crippen LogP contribution in [0.3, 0.4) is 0 Å². The Balaban J connectivity index is 1.93. The normalized spacial score (nSPS) is 12.5. The quantitative estimate of drug-likeness (QED) is 0.263. The number of hydrogen-bond donors (Lipinski definition) is 0. The molecule has 0 saturated carbocycles. The number of fused-ring (bicyclic) bond motifs is 3. The fraction of sp³-hybridized carbons (Fsp3) is 0.250. The van der Waals surface area contributed by atoms with Crippen molar-refractivity contribution in [1.82, 2.24) is 4.57 Å². The predicted octanol–water partition coefficient (Wildman–Crippen LogP) is 9.05. The van der Waals surface area contributed by atoms with Crippen molar-refractivity contribution in [1.29, 1.82) is 0 Å². The second-order valence-corrected chi connectivity index (χ2v) is 11.2. The number of benzene rings is 4. The first-order chi connectivity index (χ1) is 15.6. The molecule has 0 aliphatic carbocycles. The third-order valence-corrected chi connectivity index (χ3v) is 6.73. The molecule has 0 bridgehead atoms. The molecule has 0 aliphatic heterocycles. The van der Waals surface area contributed by atoms with Crippen LogP contribution < -0.4 is 0 Å². The number of nitrogens with zero attached hydrogens (tertiary/aromatic N) is 1. The van der Waals surface area contributed by atoms with E-state index < -0.39 is 0 Å². The third kappa shape index (κ3) is 3.76. The van der Waals surface area contributed by atoms with E-state index >= 15 is 0 Å². The van der Waals surface area contributed by atoms with E-state index in [0.29, 0.717) is 0 Å². The van der Waals surface area contributed by atoms with Gasteiger partial charge in [0.15, 0.2) is 0 Å². The summed E-state index contributed by atoms with van der Waals surface area (Å²) in [7, 11) is 0. The molecule has 0 radical (unpaired) electrons. The highest BCUT2D eigenvalue weighted by Crippen LogP contribution is 2.39. The van der Waals surface area contributed by atoms with Crippen LogP contribution in [-0.4, -0.2) is 4.57 Å². The van der Waals surface area contributed by atoms with Crippen molar-refractivity contribution in [3.05, 3.63) is 102 Å². The highest BCUT2D eigenvalue weighted by molar-refractivity contribution is 6.10. The van der Waals surface area contributed by atoms with Crippen LogP contribution in [0, 0.1) is 0 Å². The Hall–Kier alpha value is -3.32. The van der Waals surface area contributed by atoms with Gasteiger partial charge in [0.25, 0.3) is 0 Å². The molecule has 0 unspecified atom stereocenters. The zero-order valence-electron chi connectivity index (χ0n) is 20.6. The van der Waals surface area contributed by atoms with Crippen LogP contribution in [0.25, 0.3) is 38.6 Å². The largest absolute Gasteiger partial charge is 0.309 e. The molecule has 1 heterocycles. The van der Waals surface area contributed by atoms with E-state index in [1.807, 2.05) is 0 Å². The van der Waals surface area contributed by atoms with Crippen LogP contribution in [-0.2, 0) is 10.8 Å². The molecular weight excluding hydrogens is 398 g/mol. The van der Waals surface area contributed by atoms with E-state index in [0.717, 1.165) is 0 Å². The van der Waals surface area contributed by atoms with Gasteiger partial charge in [-0.1, -0.05) is 114 Å². The second-order valence-electron chi connectivity index (χ2n) is 11.2. The van der Waals surface area contributed by atoms with Crippen molar-refractivity contribution in [2.24, 2.45) is 0 Å². The molecule has 0 fully saturated rings. The maximum atomic E-state index is 2.48. The van der Waals surface area contributed by atoms with Crippen LogP contribution in [0.5, 0.6) is 0 Å². The summed E-state index contributed by atoms with van der Waals surface area (Å²) in [6.45, 7) is 13.7. The molecule has 4 aromatic carbocycles. The average Bonchev–Trinajstić information content (AvgIpc) is 3.11. The molecule has 33 heavy (non-hydrogen) atoms. The van der Waals surface area contributed by atoms with Gasteiger partial charge in [0, 0.05) is 16.3 Å². The molecule has 1 nitrogen and oxygen atoms in total. The number of aromatic nitrogens is 1. The first-order valence-corrected chi connectivity index (χ1v) is 11.9. The van der Waals surface area contributed by atoms with Gasteiger partial charge in [-0.3, -0.25) is 0 Å². The van der Waals surface area contributed by atoms with Crippen LogP contribution in [0.1, 0.15) is 52.7 Å². The molecule has 0 aliphatic rings. The van der Waals surface area contributed by atoms with Gasteiger partial charge in [0.05, 0.1) is 16.7 Å². The van der Waals surface area contributed by atoms with Gasteiger partial charge in [-0.25, -0.2) is 0 Å². The maximum Gasteiger partial charge on any atom is 0.0544 e. The lowest BCUT2D eigenvalue weighted by Crippen LogP contribution is -2.11. The van der Waals surface area contributed by atoms with Gasteiger partial charge in [-0.2, -0.15) is 0 Å². The van der Waals surface area contributed by atoms with Crippen LogP contribution in [0.2, 0.25) is 0 Å². The van der Waals surface area contributed by atoms with Crippen molar-refractivity contribution < 1.29 is 0 Å². The number of hydrogen-bond acceptors (Lipinski definition) is 0. The Bertz CT molecular complexity index is 1380. The lowest BCUT2D eigenvalue weighted by molar-refractivity contribution is 0.591. The number of para-hydroxylation sites is 1. The number of rotatable bonds is 2. The summed E-state index contributed by atoms with van der Waals surface area (Å²) in [6.07, 6.45) is 0. The Morgan fingerprint density at radius 2 is 1.00 bits per heavy atom. The monoisotopic (exact) mass is 431 g/mol. The van der Waals surface area contributed by atoms with Crippen molar-refractivity contribution in [2.75, 3.05) is 0 Å². The topological polar surface area (TPSA) is 4.93 Å². The van der Waals surface area contributed by atoms with Gasteiger partial charge < -0.3 is 4.57 Å². The second kappa shape index (κ2) is 7.63. The summed E-state index contributed by atoms with van der Waals surface area (Å²) in [5, 5.41) is 2.61. The van der Waals surface area contributed by atoms with Crippen molar-refractivity contribution >= 4 is 21.8 Å². The standard InChI is InChI=1S/C32H33N/c1-31(2,3)23-16-18-26-27-19-17-24(32(4,5)6)21-30(27)33(29(26)20-23)28-15-11-10-14-25(28)22-12-8-7-9-13-22/h7-21H,1-6H3. The van der Waals surface area contributed by atoms with Crippen molar-refractivity contribution in [2.45, 2.75) is 52.4 Å². The van der Waals surface area contributed by atoms with Crippen LogP contribution in [0.4, 0.5) is 0 Å².